The molecule has 1 saturated carbocycles. The summed E-state index contributed by atoms with van der Waals surface area (Å²) in [5, 5.41) is 0. The average Bonchev–Trinajstić information content (AvgIpc) is 2.63. The first-order valence-electron chi connectivity index (χ1n) is 5.33. The van der Waals surface area contributed by atoms with Crippen LogP contribution in [0.25, 0.3) is 0 Å². The van der Waals surface area contributed by atoms with Crippen molar-refractivity contribution in [1.82, 2.24) is 4.90 Å². The first-order valence-corrected chi connectivity index (χ1v) is 5.33. The summed E-state index contributed by atoms with van der Waals surface area (Å²) in [6.07, 6.45) is 4.44. The molecule has 70 valence electrons. The predicted molar refractivity (Wildman–Crippen MR) is 52.1 cm³/mol. The van der Waals surface area contributed by atoms with Gasteiger partial charge >= 0.3 is 0 Å². The number of likely N-dealkylation sites (tertiary alicyclic amines) is 1. The minimum absolute atomic E-state index is 0.765. The molecule has 2 atom stereocenters. The van der Waals surface area contributed by atoms with Crippen LogP contribution in [0.4, 0.5) is 0 Å². The second-order valence-electron chi connectivity index (χ2n) is 5.26. The fourth-order valence-electron chi connectivity index (χ4n) is 3.19. The van der Waals surface area contributed by atoms with Gasteiger partial charge in [0, 0.05) is 6.54 Å². The van der Waals surface area contributed by atoms with Crippen molar-refractivity contribution in [3.8, 4) is 0 Å². The Morgan fingerprint density at radius 1 is 1.42 bits per heavy atom. The molecule has 0 N–H and O–H groups in total. The van der Waals surface area contributed by atoms with Crippen LogP contribution in [0.15, 0.2) is 0 Å². The first kappa shape index (κ1) is 8.55. The third-order valence-corrected chi connectivity index (χ3v) is 3.86. The smallest absolute Gasteiger partial charge is 0.00378 e. The number of nitrogens with zero attached hydrogens (tertiary/aromatic N) is 1. The molecule has 1 heteroatoms. The predicted octanol–water partition coefficient (Wildman–Crippen LogP) is 2.37. The summed E-state index contributed by atoms with van der Waals surface area (Å²) in [5.74, 6) is 1.96. The molecular formula is C11H21N. The minimum Gasteiger partial charge on any atom is -0.306 e. The van der Waals surface area contributed by atoms with E-state index in [1.807, 2.05) is 0 Å². The molecule has 1 spiro atoms. The summed E-state index contributed by atoms with van der Waals surface area (Å²) in [7, 11) is 2.27. The Morgan fingerprint density at radius 2 is 2.17 bits per heavy atom. The van der Waals surface area contributed by atoms with Crippen molar-refractivity contribution in [2.24, 2.45) is 17.3 Å². The van der Waals surface area contributed by atoms with Gasteiger partial charge in [-0.05, 0) is 50.1 Å². The summed E-state index contributed by atoms with van der Waals surface area (Å²) < 4.78 is 0. The average molecular weight is 167 g/mol. The summed E-state index contributed by atoms with van der Waals surface area (Å²) in [6.45, 7) is 7.46. The molecule has 0 radical (unpaired) electrons. The van der Waals surface area contributed by atoms with Crippen LogP contribution in [0.1, 0.15) is 33.1 Å². The molecule has 1 nitrogen and oxygen atoms in total. The van der Waals surface area contributed by atoms with Gasteiger partial charge in [-0.2, -0.15) is 0 Å². The van der Waals surface area contributed by atoms with Crippen molar-refractivity contribution in [3.05, 3.63) is 0 Å². The monoisotopic (exact) mass is 167 g/mol. The van der Waals surface area contributed by atoms with Gasteiger partial charge in [0.05, 0.1) is 0 Å². The normalized spacial score (nSPS) is 42.5. The lowest BCUT2D eigenvalue weighted by Gasteiger charge is -2.31. The zero-order valence-electron chi connectivity index (χ0n) is 8.64. The van der Waals surface area contributed by atoms with Gasteiger partial charge in [0.2, 0.25) is 0 Å². The molecule has 1 heterocycles. The van der Waals surface area contributed by atoms with E-state index in [1.54, 1.807) is 0 Å². The highest BCUT2D eigenvalue weighted by Crippen LogP contribution is 2.60. The van der Waals surface area contributed by atoms with E-state index in [-0.39, 0.29) is 0 Å². The lowest BCUT2D eigenvalue weighted by molar-refractivity contribution is 0.172. The maximum Gasteiger partial charge on any atom is 0.00378 e. The van der Waals surface area contributed by atoms with Crippen molar-refractivity contribution in [2.75, 3.05) is 20.1 Å². The van der Waals surface area contributed by atoms with Crippen LogP contribution in [-0.4, -0.2) is 25.0 Å². The maximum absolute atomic E-state index is 2.52. The topological polar surface area (TPSA) is 3.24 Å². The van der Waals surface area contributed by atoms with Crippen LogP contribution in [0.2, 0.25) is 0 Å². The molecular weight excluding hydrogens is 146 g/mol. The molecule has 2 aliphatic rings. The molecule has 0 amide bonds. The van der Waals surface area contributed by atoms with Gasteiger partial charge in [-0.25, -0.2) is 0 Å². The number of rotatable bonds is 1. The van der Waals surface area contributed by atoms with Crippen LogP contribution < -0.4 is 0 Å². The second-order valence-corrected chi connectivity index (χ2v) is 5.26. The summed E-state index contributed by atoms with van der Waals surface area (Å²) in [5.41, 5.74) is 0.765. The Hall–Kier alpha value is -0.0400. The highest BCUT2D eigenvalue weighted by Gasteiger charge is 2.55. The molecule has 12 heavy (non-hydrogen) atoms. The third-order valence-electron chi connectivity index (χ3n) is 3.86. The highest BCUT2D eigenvalue weighted by molar-refractivity contribution is 5.06. The van der Waals surface area contributed by atoms with Gasteiger partial charge in [0.1, 0.15) is 0 Å². The van der Waals surface area contributed by atoms with Gasteiger partial charge in [-0.1, -0.05) is 13.8 Å². The van der Waals surface area contributed by atoms with Gasteiger partial charge in [-0.3, -0.25) is 0 Å². The molecule has 1 aliphatic carbocycles. The van der Waals surface area contributed by atoms with E-state index in [9.17, 15) is 0 Å². The molecule has 2 rings (SSSR count). The number of piperidine rings is 1. The van der Waals surface area contributed by atoms with Crippen molar-refractivity contribution in [2.45, 2.75) is 33.1 Å². The van der Waals surface area contributed by atoms with Gasteiger partial charge in [0.25, 0.3) is 0 Å². The van der Waals surface area contributed by atoms with Crippen molar-refractivity contribution in [1.29, 1.82) is 0 Å². The first-order chi connectivity index (χ1) is 5.64. The fourth-order valence-corrected chi connectivity index (χ4v) is 3.19. The van der Waals surface area contributed by atoms with Crippen LogP contribution in [0.5, 0.6) is 0 Å². The highest BCUT2D eigenvalue weighted by atomic mass is 15.1. The lowest BCUT2D eigenvalue weighted by Crippen LogP contribution is -2.34. The standard InChI is InChI=1S/C11H21N/c1-9(2)10-7-11(10)5-4-6-12(3)8-11/h9-10H,4-8H2,1-3H3. The molecule has 1 aliphatic heterocycles. The Morgan fingerprint density at radius 3 is 2.67 bits per heavy atom. The fraction of sp³-hybridized carbons (Fsp3) is 1.00. The van der Waals surface area contributed by atoms with Crippen LogP contribution >= 0.6 is 0 Å². The van der Waals surface area contributed by atoms with Crippen LogP contribution in [0.3, 0.4) is 0 Å². The molecule has 2 unspecified atom stereocenters. The zero-order valence-corrected chi connectivity index (χ0v) is 8.64. The molecule has 1 saturated heterocycles. The van der Waals surface area contributed by atoms with E-state index >= 15 is 0 Å². The van der Waals surface area contributed by atoms with E-state index < -0.39 is 0 Å². The van der Waals surface area contributed by atoms with Crippen molar-refractivity contribution in [3.63, 3.8) is 0 Å². The Balaban J connectivity index is 1.96. The Bertz CT molecular complexity index is 176. The van der Waals surface area contributed by atoms with Crippen molar-refractivity contribution >= 4 is 0 Å². The molecule has 2 fully saturated rings. The molecule has 0 aromatic heterocycles. The van der Waals surface area contributed by atoms with Crippen molar-refractivity contribution < 1.29 is 0 Å². The zero-order chi connectivity index (χ0) is 8.77. The number of hydrogen-bond donors (Lipinski definition) is 0. The van der Waals surface area contributed by atoms with E-state index in [0.29, 0.717) is 0 Å². The van der Waals surface area contributed by atoms with E-state index in [4.69, 9.17) is 0 Å². The number of hydrogen-bond acceptors (Lipinski definition) is 1. The largest absolute Gasteiger partial charge is 0.306 e. The summed E-state index contributed by atoms with van der Waals surface area (Å²) in [6, 6.07) is 0. The van der Waals surface area contributed by atoms with E-state index in [0.717, 1.165) is 17.3 Å². The van der Waals surface area contributed by atoms with Crippen LogP contribution in [-0.2, 0) is 0 Å². The Labute approximate surface area is 76.1 Å². The Kier molecular flexibility index (Phi) is 1.95. The van der Waals surface area contributed by atoms with E-state index in [1.165, 1.54) is 32.4 Å². The maximum atomic E-state index is 2.52. The third kappa shape index (κ3) is 1.28. The molecule has 0 bridgehead atoms. The summed E-state index contributed by atoms with van der Waals surface area (Å²) in [4.78, 5) is 2.52. The second kappa shape index (κ2) is 2.73. The molecule has 0 aromatic rings. The SMILES string of the molecule is CC(C)C1CC12CCCN(C)C2. The van der Waals surface area contributed by atoms with E-state index in [2.05, 4.69) is 25.8 Å². The summed E-state index contributed by atoms with van der Waals surface area (Å²) >= 11 is 0. The van der Waals surface area contributed by atoms with Crippen LogP contribution in [0, 0.1) is 17.3 Å². The quantitative estimate of drug-likeness (QED) is 0.579. The van der Waals surface area contributed by atoms with Gasteiger partial charge in [0.15, 0.2) is 0 Å². The minimum atomic E-state index is 0.765. The van der Waals surface area contributed by atoms with Gasteiger partial charge in [-0.15, -0.1) is 0 Å². The van der Waals surface area contributed by atoms with Gasteiger partial charge < -0.3 is 4.90 Å². The molecule has 0 aromatic carbocycles. The lowest BCUT2D eigenvalue weighted by atomic mass is 9.89.